The van der Waals surface area contributed by atoms with Crippen LogP contribution in [0.4, 0.5) is 0 Å². The molecular formula is C16H24N2. The predicted octanol–water partition coefficient (Wildman–Crippen LogP) is 2.96. The molecule has 0 saturated heterocycles. The lowest BCUT2D eigenvalue weighted by Gasteiger charge is -2.18. The first kappa shape index (κ1) is 12.2. The topological polar surface area (TPSA) is 24.1 Å². The molecule has 0 bridgehead atoms. The first-order valence-electron chi connectivity index (χ1n) is 7.17. The summed E-state index contributed by atoms with van der Waals surface area (Å²) >= 11 is 0. The Morgan fingerprint density at radius 2 is 2.11 bits per heavy atom. The summed E-state index contributed by atoms with van der Waals surface area (Å²) in [6.45, 7) is 7.87. The normalized spacial score (nSPS) is 25.3. The number of nitrogens with one attached hydrogen (secondary N) is 2. The molecule has 1 unspecified atom stereocenters. The van der Waals surface area contributed by atoms with Crippen LogP contribution in [0.15, 0.2) is 18.2 Å². The van der Waals surface area contributed by atoms with Gasteiger partial charge in [-0.05, 0) is 41.4 Å². The zero-order valence-corrected chi connectivity index (χ0v) is 11.6. The Kier molecular flexibility index (Phi) is 3.16. The number of fused-ring (bicyclic) bond motifs is 1. The summed E-state index contributed by atoms with van der Waals surface area (Å²) in [6.07, 6.45) is 4.01. The maximum atomic E-state index is 3.72. The molecule has 1 aliphatic carbocycles. The fourth-order valence-corrected chi connectivity index (χ4v) is 3.33. The minimum absolute atomic E-state index is 0.541. The third-order valence-electron chi connectivity index (χ3n) is 4.47. The van der Waals surface area contributed by atoms with Crippen LogP contribution < -0.4 is 10.6 Å². The summed E-state index contributed by atoms with van der Waals surface area (Å²) in [5, 5.41) is 7.13. The van der Waals surface area contributed by atoms with Crippen LogP contribution in [-0.4, -0.2) is 6.04 Å². The van der Waals surface area contributed by atoms with E-state index in [0.29, 0.717) is 11.5 Å². The van der Waals surface area contributed by atoms with Crippen LogP contribution in [0.25, 0.3) is 0 Å². The van der Waals surface area contributed by atoms with Crippen molar-refractivity contribution in [1.82, 2.24) is 10.6 Å². The Bertz CT molecular complexity index is 437. The Morgan fingerprint density at radius 3 is 2.89 bits per heavy atom. The second-order valence-corrected chi connectivity index (χ2v) is 6.69. The van der Waals surface area contributed by atoms with Gasteiger partial charge in [-0.1, -0.05) is 32.0 Å². The van der Waals surface area contributed by atoms with Crippen molar-refractivity contribution < 1.29 is 0 Å². The van der Waals surface area contributed by atoms with E-state index in [0.717, 1.165) is 19.6 Å². The first-order chi connectivity index (χ1) is 8.62. The van der Waals surface area contributed by atoms with Gasteiger partial charge < -0.3 is 10.6 Å². The fraction of sp³-hybridized carbons (Fsp3) is 0.625. The highest BCUT2D eigenvalue weighted by Crippen LogP contribution is 2.37. The van der Waals surface area contributed by atoms with Crippen molar-refractivity contribution in [1.29, 1.82) is 0 Å². The largest absolute Gasteiger partial charge is 0.310 e. The molecule has 1 heterocycles. The minimum Gasteiger partial charge on any atom is -0.310 e. The van der Waals surface area contributed by atoms with E-state index in [1.54, 1.807) is 0 Å². The monoisotopic (exact) mass is 244 g/mol. The molecule has 0 aromatic heterocycles. The van der Waals surface area contributed by atoms with Gasteiger partial charge in [-0.3, -0.25) is 0 Å². The summed E-state index contributed by atoms with van der Waals surface area (Å²) in [7, 11) is 0. The molecule has 2 N–H and O–H groups in total. The SMILES string of the molecule is CC1(C)CCC(NCc2ccc3c(c2)CNC3)C1. The molecule has 2 aliphatic rings. The summed E-state index contributed by atoms with van der Waals surface area (Å²) in [5.74, 6) is 0. The number of hydrogen-bond donors (Lipinski definition) is 2. The predicted molar refractivity (Wildman–Crippen MR) is 75.2 cm³/mol. The first-order valence-corrected chi connectivity index (χ1v) is 7.17. The van der Waals surface area contributed by atoms with Crippen LogP contribution in [0, 0.1) is 5.41 Å². The molecule has 1 aliphatic heterocycles. The van der Waals surface area contributed by atoms with Crippen LogP contribution in [0.5, 0.6) is 0 Å². The van der Waals surface area contributed by atoms with Crippen LogP contribution >= 0.6 is 0 Å². The Hall–Kier alpha value is -0.860. The third-order valence-corrected chi connectivity index (χ3v) is 4.47. The van der Waals surface area contributed by atoms with Gasteiger partial charge in [0.05, 0.1) is 0 Å². The van der Waals surface area contributed by atoms with Crippen molar-refractivity contribution >= 4 is 0 Å². The molecule has 0 amide bonds. The van der Waals surface area contributed by atoms with Gasteiger partial charge in [0.25, 0.3) is 0 Å². The Balaban J connectivity index is 1.57. The van der Waals surface area contributed by atoms with Crippen LogP contribution in [0.2, 0.25) is 0 Å². The summed E-state index contributed by atoms with van der Waals surface area (Å²) in [4.78, 5) is 0. The number of rotatable bonds is 3. The van der Waals surface area contributed by atoms with Gasteiger partial charge in [-0.15, -0.1) is 0 Å². The Labute approximate surface area is 110 Å². The summed E-state index contributed by atoms with van der Waals surface area (Å²) in [6, 6.07) is 7.64. The smallest absolute Gasteiger partial charge is 0.0212 e. The van der Waals surface area contributed by atoms with E-state index in [-0.39, 0.29) is 0 Å². The molecule has 2 heteroatoms. The van der Waals surface area contributed by atoms with Gasteiger partial charge in [0.1, 0.15) is 0 Å². The number of hydrogen-bond acceptors (Lipinski definition) is 2. The lowest BCUT2D eigenvalue weighted by atomic mass is 9.92. The van der Waals surface area contributed by atoms with E-state index in [1.807, 2.05) is 0 Å². The molecule has 3 rings (SSSR count). The lowest BCUT2D eigenvalue weighted by molar-refractivity contribution is 0.364. The molecular weight excluding hydrogens is 220 g/mol. The standard InChI is InChI=1S/C16H24N2/c1-16(2)6-5-15(8-16)18-9-12-3-4-13-10-17-11-14(13)7-12/h3-4,7,15,17-18H,5-6,8-11H2,1-2H3. The molecule has 1 saturated carbocycles. The van der Waals surface area contributed by atoms with Gasteiger partial charge in [-0.2, -0.15) is 0 Å². The zero-order chi connectivity index (χ0) is 12.6. The molecule has 2 nitrogen and oxygen atoms in total. The molecule has 1 fully saturated rings. The van der Waals surface area contributed by atoms with E-state index in [9.17, 15) is 0 Å². The lowest BCUT2D eigenvalue weighted by Crippen LogP contribution is -2.26. The minimum atomic E-state index is 0.541. The molecule has 0 radical (unpaired) electrons. The van der Waals surface area contributed by atoms with Gasteiger partial charge >= 0.3 is 0 Å². The van der Waals surface area contributed by atoms with Crippen molar-refractivity contribution in [3.63, 3.8) is 0 Å². The third kappa shape index (κ3) is 2.60. The summed E-state index contributed by atoms with van der Waals surface area (Å²) in [5.41, 5.74) is 4.93. The van der Waals surface area contributed by atoms with Crippen molar-refractivity contribution in [2.45, 2.75) is 58.8 Å². The van der Waals surface area contributed by atoms with E-state index < -0.39 is 0 Å². The second-order valence-electron chi connectivity index (χ2n) is 6.69. The van der Waals surface area contributed by atoms with Gasteiger partial charge in [0.2, 0.25) is 0 Å². The maximum absolute atomic E-state index is 3.72. The highest BCUT2D eigenvalue weighted by Gasteiger charge is 2.30. The van der Waals surface area contributed by atoms with Crippen molar-refractivity contribution in [2.75, 3.05) is 0 Å². The van der Waals surface area contributed by atoms with E-state index in [4.69, 9.17) is 0 Å². The maximum Gasteiger partial charge on any atom is 0.0212 e. The van der Waals surface area contributed by atoms with Crippen molar-refractivity contribution in [3.8, 4) is 0 Å². The average Bonchev–Trinajstić information content (AvgIpc) is 2.92. The van der Waals surface area contributed by atoms with Crippen LogP contribution in [0.1, 0.15) is 49.8 Å². The van der Waals surface area contributed by atoms with E-state index in [1.165, 1.54) is 36.0 Å². The van der Waals surface area contributed by atoms with Crippen molar-refractivity contribution in [2.24, 2.45) is 5.41 Å². The Morgan fingerprint density at radius 1 is 1.28 bits per heavy atom. The van der Waals surface area contributed by atoms with Gasteiger partial charge in [-0.25, -0.2) is 0 Å². The van der Waals surface area contributed by atoms with Gasteiger partial charge in [0, 0.05) is 25.7 Å². The fourth-order valence-electron chi connectivity index (χ4n) is 3.33. The average molecular weight is 244 g/mol. The zero-order valence-electron chi connectivity index (χ0n) is 11.6. The molecule has 1 aromatic carbocycles. The molecule has 1 atom stereocenters. The molecule has 0 spiro atoms. The van der Waals surface area contributed by atoms with Crippen LogP contribution in [-0.2, 0) is 19.6 Å². The van der Waals surface area contributed by atoms with Crippen molar-refractivity contribution in [3.05, 3.63) is 34.9 Å². The van der Waals surface area contributed by atoms with E-state index in [2.05, 4.69) is 42.7 Å². The van der Waals surface area contributed by atoms with E-state index >= 15 is 0 Å². The molecule has 98 valence electrons. The highest BCUT2D eigenvalue weighted by molar-refractivity contribution is 5.34. The number of benzene rings is 1. The second kappa shape index (κ2) is 4.67. The molecule has 18 heavy (non-hydrogen) atoms. The summed E-state index contributed by atoms with van der Waals surface area (Å²) < 4.78 is 0. The van der Waals surface area contributed by atoms with Crippen LogP contribution in [0.3, 0.4) is 0 Å². The quantitative estimate of drug-likeness (QED) is 0.854. The molecule has 1 aromatic rings. The van der Waals surface area contributed by atoms with Gasteiger partial charge in [0.15, 0.2) is 0 Å². The highest BCUT2D eigenvalue weighted by atomic mass is 14.9.